The molecule has 406 valence electrons. The van der Waals surface area contributed by atoms with Gasteiger partial charge in [-0.2, -0.15) is 0 Å². The molecule has 72 heavy (non-hydrogen) atoms. The van der Waals surface area contributed by atoms with Crippen molar-refractivity contribution in [1.29, 1.82) is 0 Å². The van der Waals surface area contributed by atoms with E-state index in [9.17, 15) is 48.3 Å². The van der Waals surface area contributed by atoms with Crippen LogP contribution in [0.1, 0.15) is 117 Å². The van der Waals surface area contributed by atoms with Crippen molar-refractivity contribution >= 4 is 53.2 Å². The van der Waals surface area contributed by atoms with Crippen molar-refractivity contribution in [3.8, 4) is 0 Å². The van der Waals surface area contributed by atoms with Crippen LogP contribution in [0.25, 0.3) is 0 Å². The molecule has 1 aromatic rings. The smallest absolute Gasteiger partial charge is 0.243 e. The lowest BCUT2D eigenvalue weighted by Gasteiger charge is -2.28. The first-order chi connectivity index (χ1) is 34.3. The van der Waals surface area contributed by atoms with E-state index >= 15 is 0 Å². The predicted molar refractivity (Wildman–Crippen MR) is 272 cm³/mol. The average Bonchev–Trinajstić information content (AvgIpc) is 3.31. The van der Waals surface area contributed by atoms with Gasteiger partial charge >= 0.3 is 0 Å². The van der Waals surface area contributed by atoms with E-state index in [1.807, 2.05) is 34.6 Å². The number of aliphatic hydroxyl groups is 1. The van der Waals surface area contributed by atoms with E-state index in [4.69, 9.17) is 22.9 Å². The van der Waals surface area contributed by atoms with Crippen molar-refractivity contribution in [2.24, 2.45) is 34.8 Å². The normalized spacial score (nSPS) is 23.3. The highest BCUT2D eigenvalue weighted by Crippen LogP contribution is 2.12. The summed E-state index contributed by atoms with van der Waals surface area (Å²) in [5, 5.41) is 34.6. The van der Waals surface area contributed by atoms with Crippen LogP contribution < -0.4 is 70.8 Å². The number of nitrogens with two attached hydrogens (primary N) is 4. The number of amides is 9. The Morgan fingerprint density at radius 1 is 0.611 bits per heavy atom. The van der Waals surface area contributed by atoms with Crippen molar-refractivity contribution in [2.45, 2.75) is 173 Å². The summed E-state index contributed by atoms with van der Waals surface area (Å²) in [6.45, 7) is 8.81. The summed E-state index contributed by atoms with van der Waals surface area (Å²) in [4.78, 5) is 126. The molecule has 0 aromatic heterocycles. The molecule has 23 heteroatoms. The zero-order chi connectivity index (χ0) is 53.8. The number of aliphatic hydroxyl groups excluding tert-OH is 1. The Kier molecular flexibility index (Phi) is 29.3. The Morgan fingerprint density at radius 2 is 1.07 bits per heavy atom. The molecule has 1 aliphatic heterocycles. The highest BCUT2D eigenvalue weighted by atomic mass is 16.3. The molecule has 0 bridgehead atoms. The second kappa shape index (κ2) is 33.8. The van der Waals surface area contributed by atoms with Gasteiger partial charge in [0.2, 0.25) is 53.2 Å². The van der Waals surface area contributed by atoms with Crippen LogP contribution in [0.15, 0.2) is 30.3 Å². The number of hydrogen-bond acceptors (Lipinski definition) is 14. The van der Waals surface area contributed by atoms with E-state index in [0.717, 1.165) is 12.8 Å². The number of carbonyl (C=O) groups is 9. The lowest BCUT2D eigenvalue weighted by Crippen LogP contribution is -2.61. The van der Waals surface area contributed by atoms with Crippen LogP contribution in [-0.2, 0) is 49.6 Å². The Bertz CT molecular complexity index is 1890. The van der Waals surface area contributed by atoms with E-state index in [1.165, 1.54) is 0 Å². The maximum atomic E-state index is 14.3. The van der Waals surface area contributed by atoms with E-state index < -0.39 is 108 Å². The van der Waals surface area contributed by atoms with E-state index in [2.05, 4.69) is 47.9 Å². The fourth-order valence-electron chi connectivity index (χ4n) is 8.04. The third-order valence-electron chi connectivity index (χ3n) is 11.9. The van der Waals surface area contributed by atoms with E-state index in [1.54, 1.807) is 30.3 Å². The molecular weight excluding hydrogens is 931 g/mol. The maximum Gasteiger partial charge on any atom is 0.243 e. The summed E-state index contributed by atoms with van der Waals surface area (Å²) in [5.74, 6) is -7.09. The molecule has 0 aliphatic carbocycles. The Morgan fingerprint density at radius 3 is 1.56 bits per heavy atom. The second-order valence-corrected chi connectivity index (χ2v) is 19.2. The monoisotopic (exact) mass is 1020 g/mol. The summed E-state index contributed by atoms with van der Waals surface area (Å²) in [6, 6.07) is -1.58. The first kappa shape index (κ1) is 62.4. The largest absolute Gasteiger partial charge is 0.393 e. The molecule has 1 heterocycles. The fraction of sp³-hybridized carbons (Fsp3) is 0.694. The number of nitrogens with one attached hydrogen (secondary N) is 9. The van der Waals surface area contributed by atoms with Crippen LogP contribution in [0.5, 0.6) is 0 Å². The molecule has 1 aromatic carbocycles. The molecule has 9 atom stereocenters. The van der Waals surface area contributed by atoms with Crippen molar-refractivity contribution in [2.75, 3.05) is 32.7 Å². The zero-order valence-corrected chi connectivity index (χ0v) is 42.9. The lowest BCUT2D eigenvalue weighted by atomic mass is 10.00. The molecular formula is C49H85N13O10. The molecule has 1 aliphatic rings. The molecule has 18 N–H and O–H groups in total. The summed E-state index contributed by atoms with van der Waals surface area (Å²) < 4.78 is 0. The summed E-state index contributed by atoms with van der Waals surface area (Å²) in [7, 11) is 0. The average molecular weight is 1020 g/mol. The van der Waals surface area contributed by atoms with E-state index in [0.29, 0.717) is 18.4 Å². The molecule has 0 unspecified atom stereocenters. The molecule has 23 nitrogen and oxygen atoms in total. The SMILES string of the molecule is CCCCC[C@@H](O)CC(=O)N[C@H](CCN)C(=O)N[C@H]1CCNC(=O)[C@H](CC(C)C)NC(=O)[C@H](CCN)NC(=O)[C@H](CCN)NC(=O)[C@@H](CC(C)C)NC(=O)[C@H](Cc2ccccc2)NC(=O)[C@H](CCN)NC1=O. The Hall–Kier alpha value is -5.75. The number of carbonyl (C=O) groups excluding carboxylic acids is 9. The minimum Gasteiger partial charge on any atom is -0.393 e. The topological polar surface area (TPSA) is 386 Å². The molecule has 2 rings (SSSR count). The minimum absolute atomic E-state index is 0.0449. The van der Waals surface area contributed by atoms with Crippen LogP contribution >= 0.6 is 0 Å². The minimum atomic E-state index is -1.47. The standard InChI is InChI=1S/C49H85N13O10/c1-6-7-9-14-32(63)28-41(64)55-33(15-20-50)43(66)59-37-19-24-54-42(65)38(25-29(2)3)60-45(68)35(17-22-52)56-44(67)34(16-21-51)58-48(71)39(26-30(4)5)61-49(72)40(27-31-12-10-8-11-13-31)62-46(69)36(18-23-53)57-47(37)70/h8,10-13,29-30,32-40,63H,6-7,9,14-28,50-53H2,1-5H3,(H,54,65)(H,55,64)(H,56,67)(H,57,70)(H,58,71)(H,59,66)(H,60,68)(H,61,72)(H,62,69)/t32-,33-,34+,35+,36+,37+,38+,39-,40+/m1/s1. The number of benzene rings is 1. The molecule has 9 amide bonds. The molecule has 1 saturated heterocycles. The lowest BCUT2D eigenvalue weighted by molar-refractivity contribution is -0.136. The van der Waals surface area contributed by atoms with E-state index in [-0.39, 0.29) is 102 Å². The van der Waals surface area contributed by atoms with Crippen LogP contribution in [0.2, 0.25) is 0 Å². The molecule has 0 radical (unpaired) electrons. The molecule has 1 fully saturated rings. The highest BCUT2D eigenvalue weighted by Gasteiger charge is 2.35. The van der Waals surface area contributed by atoms with Crippen molar-refractivity contribution < 1.29 is 48.3 Å². The van der Waals surface area contributed by atoms with Crippen molar-refractivity contribution in [3.63, 3.8) is 0 Å². The highest BCUT2D eigenvalue weighted by molar-refractivity contribution is 5.98. The van der Waals surface area contributed by atoms with Gasteiger partial charge in [-0.1, -0.05) is 84.2 Å². The van der Waals surface area contributed by atoms with Gasteiger partial charge in [-0.3, -0.25) is 43.2 Å². The molecule has 0 spiro atoms. The van der Waals surface area contributed by atoms with Gasteiger partial charge in [0.25, 0.3) is 0 Å². The Balaban J connectivity index is 2.71. The van der Waals surface area contributed by atoms with Crippen molar-refractivity contribution in [3.05, 3.63) is 35.9 Å². The second-order valence-electron chi connectivity index (χ2n) is 19.2. The number of hydrogen-bond donors (Lipinski definition) is 14. The molecule has 0 saturated carbocycles. The van der Waals surface area contributed by atoms with Gasteiger partial charge in [-0.15, -0.1) is 0 Å². The van der Waals surface area contributed by atoms with Gasteiger partial charge in [0, 0.05) is 13.0 Å². The van der Waals surface area contributed by atoms with Crippen LogP contribution in [-0.4, -0.2) is 145 Å². The van der Waals surface area contributed by atoms with Crippen molar-refractivity contribution in [1.82, 2.24) is 47.9 Å². The first-order valence-electron chi connectivity index (χ1n) is 25.5. The summed E-state index contributed by atoms with van der Waals surface area (Å²) in [5.41, 5.74) is 24.2. The number of rotatable bonds is 23. The maximum absolute atomic E-state index is 14.3. The van der Waals surface area contributed by atoms with Gasteiger partial charge < -0.3 is 75.9 Å². The third-order valence-corrected chi connectivity index (χ3v) is 11.9. The van der Waals surface area contributed by atoms with Gasteiger partial charge in [-0.25, -0.2) is 0 Å². The predicted octanol–water partition coefficient (Wildman–Crippen LogP) is -2.55. The summed E-state index contributed by atoms with van der Waals surface area (Å²) >= 11 is 0. The number of unbranched alkanes of at least 4 members (excludes halogenated alkanes) is 2. The first-order valence-corrected chi connectivity index (χ1v) is 25.5. The van der Waals surface area contributed by atoms with Crippen LogP contribution in [0.4, 0.5) is 0 Å². The van der Waals surface area contributed by atoms with Gasteiger partial charge in [0.05, 0.1) is 12.5 Å². The van der Waals surface area contributed by atoms with Gasteiger partial charge in [-0.05, 0) is 94.9 Å². The quantitative estimate of drug-likeness (QED) is 0.0502. The fourth-order valence-corrected chi connectivity index (χ4v) is 8.04. The summed E-state index contributed by atoms with van der Waals surface area (Å²) in [6.07, 6.45) is 1.30. The van der Waals surface area contributed by atoms with Crippen LogP contribution in [0, 0.1) is 11.8 Å². The zero-order valence-electron chi connectivity index (χ0n) is 42.9. The van der Waals surface area contributed by atoms with Gasteiger partial charge in [0.1, 0.15) is 48.3 Å². The Labute approximate surface area is 424 Å². The third kappa shape index (κ3) is 23.2. The van der Waals surface area contributed by atoms with Crippen LogP contribution in [0.3, 0.4) is 0 Å². The van der Waals surface area contributed by atoms with Gasteiger partial charge in [0.15, 0.2) is 0 Å².